The fraction of sp³-hybridized carbons (Fsp3) is 0.143. The highest BCUT2D eigenvalue weighted by molar-refractivity contribution is 9.10. The van der Waals surface area contributed by atoms with Gasteiger partial charge in [0.15, 0.2) is 0 Å². The van der Waals surface area contributed by atoms with Gasteiger partial charge in [0.2, 0.25) is 0 Å². The molecule has 0 radical (unpaired) electrons. The number of fused-ring (bicyclic) bond motifs is 2. The predicted octanol–water partition coefficient (Wildman–Crippen LogP) is 5.93. The summed E-state index contributed by atoms with van der Waals surface area (Å²) in [6, 6.07) is 23.7. The van der Waals surface area contributed by atoms with Crippen LogP contribution in [0.3, 0.4) is 0 Å². The van der Waals surface area contributed by atoms with Crippen molar-refractivity contribution in [2.45, 2.75) is 19.5 Å². The predicted molar refractivity (Wildman–Crippen MR) is 105 cm³/mol. The number of aromatic nitrogens is 1. The zero-order valence-electron chi connectivity index (χ0n) is 13.5. The first kappa shape index (κ1) is 15.4. The van der Waals surface area contributed by atoms with Crippen LogP contribution in [0.25, 0.3) is 21.7 Å². The third kappa shape index (κ3) is 2.74. The van der Waals surface area contributed by atoms with Gasteiger partial charge in [-0.15, -0.1) is 0 Å². The van der Waals surface area contributed by atoms with E-state index in [1.807, 2.05) is 0 Å². The fourth-order valence-electron chi connectivity index (χ4n) is 3.28. The van der Waals surface area contributed by atoms with E-state index in [1.165, 1.54) is 32.9 Å². The maximum Gasteiger partial charge on any atom is 0.0474 e. The number of hydrogen-bond donors (Lipinski definition) is 2. The van der Waals surface area contributed by atoms with Gasteiger partial charge in [0.25, 0.3) is 0 Å². The Morgan fingerprint density at radius 2 is 1.62 bits per heavy atom. The number of para-hydroxylation sites is 1. The molecule has 1 heterocycles. The van der Waals surface area contributed by atoms with Crippen molar-refractivity contribution in [3.05, 3.63) is 82.5 Å². The summed E-state index contributed by atoms with van der Waals surface area (Å²) in [7, 11) is 0. The average Bonchev–Trinajstić information content (AvgIpc) is 2.95. The largest absolute Gasteiger partial charge is 0.356 e. The van der Waals surface area contributed by atoms with Gasteiger partial charge >= 0.3 is 0 Å². The summed E-state index contributed by atoms with van der Waals surface area (Å²) in [5.74, 6) is 0. The molecule has 0 saturated carbocycles. The Morgan fingerprint density at radius 1 is 0.917 bits per heavy atom. The maximum atomic E-state index is 3.73. The summed E-state index contributed by atoms with van der Waals surface area (Å²) < 4.78 is 1.15. The number of nitrogens with one attached hydrogen (secondary N) is 2. The molecule has 0 aliphatic heterocycles. The van der Waals surface area contributed by atoms with Gasteiger partial charge in [-0.1, -0.05) is 60.7 Å². The van der Waals surface area contributed by atoms with Crippen molar-refractivity contribution in [1.82, 2.24) is 10.3 Å². The molecule has 2 N–H and O–H groups in total. The first-order valence-corrected chi connectivity index (χ1v) is 8.99. The highest BCUT2D eigenvalue weighted by Gasteiger charge is 2.12. The van der Waals surface area contributed by atoms with Gasteiger partial charge in [0.05, 0.1) is 0 Å². The van der Waals surface area contributed by atoms with Crippen molar-refractivity contribution in [3.8, 4) is 0 Å². The van der Waals surface area contributed by atoms with Crippen LogP contribution in [0.15, 0.2) is 71.2 Å². The lowest BCUT2D eigenvalue weighted by molar-refractivity contribution is 0.572. The lowest BCUT2D eigenvalue weighted by Crippen LogP contribution is -2.18. The minimum absolute atomic E-state index is 0.273. The average molecular weight is 379 g/mol. The summed E-state index contributed by atoms with van der Waals surface area (Å²) >= 11 is 3.73. The molecule has 120 valence electrons. The van der Waals surface area contributed by atoms with E-state index in [-0.39, 0.29) is 6.04 Å². The van der Waals surface area contributed by atoms with Crippen LogP contribution in [0.2, 0.25) is 0 Å². The van der Waals surface area contributed by atoms with Crippen molar-refractivity contribution in [3.63, 3.8) is 0 Å². The third-order valence-corrected chi connectivity index (χ3v) is 5.49. The van der Waals surface area contributed by atoms with Crippen molar-refractivity contribution in [1.29, 1.82) is 0 Å². The van der Waals surface area contributed by atoms with E-state index >= 15 is 0 Å². The molecule has 0 amide bonds. The number of halogens is 1. The zero-order valence-corrected chi connectivity index (χ0v) is 15.1. The minimum atomic E-state index is 0.273. The lowest BCUT2D eigenvalue weighted by Gasteiger charge is -2.16. The molecule has 2 nitrogen and oxygen atoms in total. The number of benzene rings is 3. The molecule has 1 atom stereocenters. The molecule has 0 spiro atoms. The molecular weight excluding hydrogens is 360 g/mol. The Labute approximate surface area is 150 Å². The molecule has 3 aromatic carbocycles. The van der Waals surface area contributed by atoms with Crippen LogP contribution >= 0.6 is 15.9 Å². The van der Waals surface area contributed by atoms with Crippen molar-refractivity contribution >= 4 is 37.6 Å². The van der Waals surface area contributed by atoms with Crippen LogP contribution in [0, 0.1) is 0 Å². The lowest BCUT2D eigenvalue weighted by atomic mass is 10.00. The van der Waals surface area contributed by atoms with Gasteiger partial charge in [-0.05, 0) is 45.3 Å². The molecule has 3 heteroatoms. The van der Waals surface area contributed by atoms with Gasteiger partial charge in [-0.2, -0.15) is 0 Å². The second-order valence-corrected chi connectivity index (χ2v) is 6.93. The Morgan fingerprint density at radius 3 is 2.46 bits per heavy atom. The Balaban J connectivity index is 1.59. The molecule has 1 aromatic heterocycles. The molecule has 0 saturated heterocycles. The zero-order chi connectivity index (χ0) is 16.5. The molecule has 0 aliphatic carbocycles. The molecule has 24 heavy (non-hydrogen) atoms. The highest BCUT2D eigenvalue weighted by atomic mass is 79.9. The Kier molecular flexibility index (Phi) is 4.13. The first-order chi connectivity index (χ1) is 11.7. The van der Waals surface area contributed by atoms with Gasteiger partial charge in [0.1, 0.15) is 0 Å². The van der Waals surface area contributed by atoms with Crippen LogP contribution in [-0.4, -0.2) is 4.98 Å². The van der Waals surface area contributed by atoms with E-state index in [9.17, 15) is 0 Å². The molecule has 1 unspecified atom stereocenters. The second-order valence-electron chi connectivity index (χ2n) is 6.13. The quantitative estimate of drug-likeness (QED) is 0.452. The number of H-pyrrole nitrogens is 1. The summed E-state index contributed by atoms with van der Waals surface area (Å²) in [6.45, 7) is 3.01. The van der Waals surface area contributed by atoms with E-state index in [4.69, 9.17) is 0 Å². The van der Waals surface area contributed by atoms with Crippen LogP contribution in [0.4, 0.5) is 0 Å². The van der Waals surface area contributed by atoms with Crippen molar-refractivity contribution in [2.75, 3.05) is 0 Å². The first-order valence-electron chi connectivity index (χ1n) is 8.20. The summed E-state index contributed by atoms with van der Waals surface area (Å²) in [4.78, 5) is 3.50. The van der Waals surface area contributed by atoms with Crippen LogP contribution in [0.5, 0.6) is 0 Å². The fourth-order valence-corrected chi connectivity index (χ4v) is 3.86. The number of hydrogen-bond acceptors (Lipinski definition) is 1. The van der Waals surface area contributed by atoms with E-state index in [2.05, 4.69) is 99.9 Å². The molecule has 4 aromatic rings. The normalized spacial score (nSPS) is 12.8. The van der Waals surface area contributed by atoms with E-state index in [0.29, 0.717) is 0 Å². The molecule has 0 aliphatic rings. The number of aromatic amines is 1. The van der Waals surface area contributed by atoms with Gasteiger partial charge in [-0.3, -0.25) is 0 Å². The molecular formula is C21H19BrN2. The highest BCUT2D eigenvalue weighted by Crippen LogP contribution is 2.29. The van der Waals surface area contributed by atoms with Crippen LogP contribution in [-0.2, 0) is 6.54 Å². The molecule has 4 rings (SSSR count). The molecule has 0 bridgehead atoms. The second kappa shape index (κ2) is 6.42. The van der Waals surface area contributed by atoms with Crippen LogP contribution < -0.4 is 5.32 Å². The van der Waals surface area contributed by atoms with Gasteiger partial charge in [0, 0.05) is 33.7 Å². The number of rotatable bonds is 4. The van der Waals surface area contributed by atoms with Crippen molar-refractivity contribution < 1.29 is 0 Å². The summed E-state index contributed by atoms with van der Waals surface area (Å²) in [6.07, 6.45) is 0. The monoisotopic (exact) mass is 378 g/mol. The van der Waals surface area contributed by atoms with E-state index < -0.39 is 0 Å². The smallest absolute Gasteiger partial charge is 0.0474 e. The Bertz CT molecular complexity index is 998. The van der Waals surface area contributed by atoms with Crippen LogP contribution in [0.1, 0.15) is 24.2 Å². The summed E-state index contributed by atoms with van der Waals surface area (Å²) in [5, 5.41) is 7.48. The molecule has 0 fully saturated rings. The SMILES string of the molecule is CC(NCc1[nH]c2ccccc2c1Br)c1cccc2ccccc12. The van der Waals surface area contributed by atoms with E-state index in [1.54, 1.807) is 0 Å². The topological polar surface area (TPSA) is 27.8 Å². The standard InChI is InChI=1S/C21H19BrN2/c1-14(16-11-6-8-15-7-2-3-9-17(15)16)23-13-20-21(22)18-10-4-5-12-19(18)24-20/h2-12,14,23-24H,13H2,1H3. The van der Waals surface area contributed by atoms with E-state index in [0.717, 1.165) is 11.0 Å². The van der Waals surface area contributed by atoms with Gasteiger partial charge in [-0.25, -0.2) is 0 Å². The Hall–Kier alpha value is -2.10. The third-order valence-electron chi connectivity index (χ3n) is 4.59. The van der Waals surface area contributed by atoms with Gasteiger partial charge < -0.3 is 10.3 Å². The summed E-state index contributed by atoms with van der Waals surface area (Å²) in [5.41, 5.74) is 3.68. The minimum Gasteiger partial charge on any atom is -0.356 e. The van der Waals surface area contributed by atoms with Crippen molar-refractivity contribution in [2.24, 2.45) is 0 Å². The maximum absolute atomic E-state index is 3.73.